The van der Waals surface area contributed by atoms with Crippen LogP contribution in [0.15, 0.2) is 35.3 Å². The van der Waals surface area contributed by atoms with Crippen LogP contribution in [-0.2, 0) is 4.74 Å². The highest BCUT2D eigenvalue weighted by Crippen LogP contribution is 2.24. The maximum absolute atomic E-state index is 13.5. The monoisotopic (exact) mass is 450 g/mol. The third-order valence-corrected chi connectivity index (χ3v) is 6.46. The van der Waals surface area contributed by atoms with Crippen molar-refractivity contribution in [3.63, 3.8) is 0 Å². The first-order valence-corrected chi connectivity index (χ1v) is 11.5. The molecule has 1 aliphatic carbocycles. The molecular weight excluding hydrogens is 420 g/mol. The number of hydrogen-bond donors (Lipinski definition) is 1. The largest absolute Gasteiger partial charge is 0.461 e. The van der Waals surface area contributed by atoms with E-state index in [-0.39, 0.29) is 35.5 Å². The van der Waals surface area contributed by atoms with E-state index in [4.69, 9.17) is 4.74 Å². The van der Waals surface area contributed by atoms with Crippen molar-refractivity contribution in [3.05, 3.63) is 63.3 Å². The van der Waals surface area contributed by atoms with Crippen LogP contribution < -0.4 is 10.9 Å². The normalized spacial score (nSPS) is 18.3. The van der Waals surface area contributed by atoms with Crippen molar-refractivity contribution in [3.8, 4) is 5.69 Å². The molecule has 1 saturated carbocycles. The van der Waals surface area contributed by atoms with E-state index in [9.17, 15) is 14.4 Å². The van der Waals surface area contributed by atoms with Crippen molar-refractivity contribution >= 4 is 17.4 Å². The zero-order valence-electron chi connectivity index (χ0n) is 19.6. The standard InChI is InChI=1S/C25H30N4O4/c1-5-33-25(32)20-13-21-24(31)29(19-11-8-16(3)17(4)12-19)22(14-28(21)27-20)23(30)26-18-9-6-15(2)7-10-18/h8,11-15,18H,5-7,9-10H2,1-4H3,(H,26,30). The molecule has 33 heavy (non-hydrogen) atoms. The third-order valence-electron chi connectivity index (χ3n) is 6.46. The number of rotatable bonds is 5. The molecule has 1 aliphatic rings. The van der Waals surface area contributed by atoms with Crippen LogP contribution in [0.3, 0.4) is 0 Å². The Morgan fingerprint density at radius 1 is 1.12 bits per heavy atom. The van der Waals surface area contributed by atoms with Crippen LogP contribution in [0.2, 0.25) is 0 Å². The van der Waals surface area contributed by atoms with Crippen LogP contribution in [-0.4, -0.2) is 38.7 Å². The van der Waals surface area contributed by atoms with Gasteiger partial charge in [0, 0.05) is 17.8 Å². The SMILES string of the molecule is CCOC(=O)c1cc2c(=O)n(-c3ccc(C)c(C)c3)c(C(=O)NC3CCC(C)CC3)cn2n1. The highest BCUT2D eigenvalue weighted by atomic mass is 16.5. The Hall–Kier alpha value is -3.42. The van der Waals surface area contributed by atoms with Gasteiger partial charge in [-0.25, -0.2) is 9.31 Å². The number of nitrogens with zero attached hydrogens (tertiary/aromatic N) is 3. The molecule has 174 valence electrons. The van der Waals surface area contributed by atoms with Crippen LogP contribution in [0.4, 0.5) is 0 Å². The number of ether oxygens (including phenoxy) is 1. The van der Waals surface area contributed by atoms with E-state index in [1.165, 1.54) is 21.3 Å². The van der Waals surface area contributed by atoms with Crippen LogP contribution in [0.5, 0.6) is 0 Å². The fourth-order valence-corrected chi connectivity index (χ4v) is 4.30. The Morgan fingerprint density at radius 3 is 2.52 bits per heavy atom. The van der Waals surface area contributed by atoms with Crippen LogP contribution >= 0.6 is 0 Å². The van der Waals surface area contributed by atoms with Crippen molar-refractivity contribution in [2.45, 2.75) is 59.4 Å². The quantitative estimate of drug-likeness (QED) is 0.600. The number of amides is 1. The lowest BCUT2D eigenvalue weighted by Crippen LogP contribution is -2.40. The van der Waals surface area contributed by atoms with Gasteiger partial charge in [-0.15, -0.1) is 0 Å². The van der Waals surface area contributed by atoms with Crippen molar-refractivity contribution in [1.29, 1.82) is 0 Å². The van der Waals surface area contributed by atoms with E-state index in [2.05, 4.69) is 17.3 Å². The van der Waals surface area contributed by atoms with E-state index < -0.39 is 11.5 Å². The molecule has 4 rings (SSSR count). The van der Waals surface area contributed by atoms with Crippen molar-refractivity contribution in [2.24, 2.45) is 5.92 Å². The minimum absolute atomic E-state index is 0.0272. The summed E-state index contributed by atoms with van der Waals surface area (Å²) in [4.78, 5) is 39.1. The fraction of sp³-hybridized carbons (Fsp3) is 0.440. The Balaban J connectivity index is 1.83. The van der Waals surface area contributed by atoms with Gasteiger partial charge in [-0.1, -0.05) is 13.0 Å². The first-order valence-electron chi connectivity index (χ1n) is 11.5. The van der Waals surface area contributed by atoms with Crippen LogP contribution in [0.25, 0.3) is 11.2 Å². The van der Waals surface area contributed by atoms with E-state index in [1.54, 1.807) is 6.92 Å². The number of esters is 1. The molecule has 0 aliphatic heterocycles. The highest BCUT2D eigenvalue weighted by Gasteiger charge is 2.25. The number of benzene rings is 1. The summed E-state index contributed by atoms with van der Waals surface area (Å²) in [6.45, 7) is 8.08. The Labute approximate surface area is 192 Å². The van der Waals surface area contributed by atoms with Gasteiger partial charge in [0.1, 0.15) is 11.2 Å². The molecule has 0 unspecified atom stereocenters. The van der Waals surface area contributed by atoms with Gasteiger partial charge in [0.15, 0.2) is 5.69 Å². The molecule has 0 radical (unpaired) electrons. The molecule has 0 atom stereocenters. The summed E-state index contributed by atoms with van der Waals surface area (Å²) in [6, 6.07) is 7.10. The molecule has 0 saturated heterocycles. The Kier molecular flexibility index (Phi) is 6.35. The minimum atomic E-state index is -0.611. The molecule has 1 aromatic carbocycles. The lowest BCUT2D eigenvalue weighted by molar-refractivity contribution is 0.0519. The van der Waals surface area contributed by atoms with Gasteiger partial charge in [-0.3, -0.25) is 14.2 Å². The molecular formula is C25H30N4O4. The summed E-state index contributed by atoms with van der Waals surface area (Å²) in [5.41, 5.74) is 2.65. The Morgan fingerprint density at radius 2 is 1.85 bits per heavy atom. The first kappa shape index (κ1) is 22.8. The zero-order chi connectivity index (χ0) is 23.7. The maximum Gasteiger partial charge on any atom is 0.358 e. The second-order valence-electron chi connectivity index (χ2n) is 8.93. The zero-order valence-corrected chi connectivity index (χ0v) is 19.6. The molecule has 2 heterocycles. The maximum atomic E-state index is 13.5. The Bertz CT molecular complexity index is 1270. The summed E-state index contributed by atoms with van der Waals surface area (Å²) in [7, 11) is 0. The summed E-state index contributed by atoms with van der Waals surface area (Å²) >= 11 is 0. The lowest BCUT2D eigenvalue weighted by Gasteiger charge is -2.27. The van der Waals surface area contributed by atoms with Gasteiger partial charge in [-0.2, -0.15) is 5.10 Å². The molecule has 8 heteroatoms. The first-order chi connectivity index (χ1) is 15.8. The average molecular weight is 451 g/mol. The smallest absolute Gasteiger partial charge is 0.358 e. The summed E-state index contributed by atoms with van der Waals surface area (Å²) in [5, 5.41) is 7.31. The highest BCUT2D eigenvalue weighted by molar-refractivity contribution is 5.94. The van der Waals surface area contributed by atoms with Crippen molar-refractivity contribution < 1.29 is 14.3 Å². The van der Waals surface area contributed by atoms with E-state index in [0.29, 0.717) is 11.6 Å². The lowest BCUT2D eigenvalue weighted by atomic mass is 9.87. The van der Waals surface area contributed by atoms with Crippen molar-refractivity contribution in [1.82, 2.24) is 19.5 Å². The van der Waals surface area contributed by atoms with Crippen molar-refractivity contribution in [2.75, 3.05) is 6.61 Å². The average Bonchev–Trinajstić information content (AvgIpc) is 3.22. The van der Waals surface area contributed by atoms with Gasteiger partial charge in [0.05, 0.1) is 12.8 Å². The second-order valence-corrected chi connectivity index (χ2v) is 8.93. The number of carbonyl (C=O) groups is 2. The summed E-state index contributed by atoms with van der Waals surface area (Å²) in [6.07, 6.45) is 5.47. The van der Waals surface area contributed by atoms with E-state index in [1.807, 2.05) is 32.0 Å². The number of carbonyl (C=O) groups excluding carboxylic acids is 2. The van der Waals surface area contributed by atoms with Gasteiger partial charge in [0.2, 0.25) is 0 Å². The molecule has 1 N–H and O–H groups in total. The number of nitrogens with one attached hydrogen (secondary N) is 1. The second kappa shape index (κ2) is 9.21. The number of aromatic nitrogens is 3. The van der Waals surface area contributed by atoms with Gasteiger partial charge in [-0.05, 0) is 75.6 Å². The molecule has 3 aromatic rings. The van der Waals surface area contributed by atoms with Gasteiger partial charge >= 0.3 is 5.97 Å². The van der Waals surface area contributed by atoms with E-state index in [0.717, 1.165) is 36.8 Å². The molecule has 2 aromatic heterocycles. The molecule has 0 bridgehead atoms. The number of fused-ring (bicyclic) bond motifs is 1. The minimum Gasteiger partial charge on any atom is -0.461 e. The fourth-order valence-electron chi connectivity index (χ4n) is 4.30. The third kappa shape index (κ3) is 4.55. The summed E-state index contributed by atoms with van der Waals surface area (Å²) in [5.74, 6) is -0.283. The van der Waals surface area contributed by atoms with E-state index >= 15 is 0 Å². The molecule has 0 spiro atoms. The molecule has 8 nitrogen and oxygen atoms in total. The molecule has 1 fully saturated rings. The topological polar surface area (TPSA) is 94.7 Å². The van der Waals surface area contributed by atoms with Gasteiger partial charge in [0.25, 0.3) is 11.5 Å². The predicted molar refractivity (Wildman–Crippen MR) is 125 cm³/mol. The van der Waals surface area contributed by atoms with Crippen LogP contribution in [0, 0.1) is 19.8 Å². The predicted octanol–water partition coefficient (Wildman–Crippen LogP) is 3.59. The summed E-state index contributed by atoms with van der Waals surface area (Å²) < 4.78 is 7.72. The number of hydrogen-bond acceptors (Lipinski definition) is 5. The van der Waals surface area contributed by atoms with Gasteiger partial charge < -0.3 is 10.1 Å². The molecule has 1 amide bonds. The van der Waals surface area contributed by atoms with Crippen LogP contribution in [0.1, 0.15) is 71.6 Å². The number of aryl methyl sites for hydroxylation is 2.